The van der Waals surface area contributed by atoms with Gasteiger partial charge in [-0.1, -0.05) is 48.0 Å². The summed E-state index contributed by atoms with van der Waals surface area (Å²) < 4.78 is 12.9. The third-order valence-electron chi connectivity index (χ3n) is 5.41. The minimum absolute atomic E-state index is 0.0296. The fourth-order valence-electron chi connectivity index (χ4n) is 3.45. The van der Waals surface area contributed by atoms with Gasteiger partial charge in [0.1, 0.15) is 17.3 Å². The van der Waals surface area contributed by atoms with Crippen LogP contribution in [0.2, 0.25) is 0 Å². The first-order chi connectivity index (χ1) is 15.9. The summed E-state index contributed by atoms with van der Waals surface area (Å²) in [6.07, 6.45) is 2.28. The average molecular weight is 508 g/mol. The number of benzene rings is 2. The molecule has 0 unspecified atom stereocenters. The van der Waals surface area contributed by atoms with Crippen LogP contribution in [0.3, 0.4) is 0 Å². The van der Waals surface area contributed by atoms with Crippen molar-refractivity contribution >= 4 is 39.0 Å². The molecule has 0 saturated carbocycles. The van der Waals surface area contributed by atoms with Gasteiger partial charge in [-0.2, -0.15) is 9.78 Å². The van der Waals surface area contributed by atoms with Gasteiger partial charge in [-0.05, 0) is 42.8 Å². The van der Waals surface area contributed by atoms with Crippen LogP contribution in [-0.2, 0) is 4.74 Å². The lowest BCUT2D eigenvalue weighted by Crippen LogP contribution is -2.23. The Morgan fingerprint density at radius 1 is 1.24 bits per heavy atom. The standard InChI is InChI=1S/C25H22BrN3O4/c1-4-15(2)23-28-21-11-9-16(26)13-20(21)24(30)29(23)27-14-17-10-12-22(33-17)18-7-5-6-8-19(18)25(31)32-3/h5-15H,4H2,1-3H3/t15-/m0/s1. The zero-order valence-electron chi connectivity index (χ0n) is 18.4. The van der Waals surface area contributed by atoms with Crippen molar-refractivity contribution in [3.05, 3.63) is 86.6 Å². The molecule has 7 nitrogen and oxygen atoms in total. The number of ether oxygens (including phenoxy) is 1. The van der Waals surface area contributed by atoms with Crippen molar-refractivity contribution in [2.24, 2.45) is 5.10 Å². The van der Waals surface area contributed by atoms with Crippen molar-refractivity contribution in [3.63, 3.8) is 0 Å². The van der Waals surface area contributed by atoms with Crippen LogP contribution in [0.4, 0.5) is 0 Å². The molecule has 0 amide bonds. The van der Waals surface area contributed by atoms with E-state index in [0.29, 0.717) is 39.4 Å². The number of hydrogen-bond donors (Lipinski definition) is 0. The zero-order chi connectivity index (χ0) is 23.5. The van der Waals surface area contributed by atoms with E-state index in [1.165, 1.54) is 18.0 Å². The number of methoxy groups -OCH3 is 1. The van der Waals surface area contributed by atoms with Crippen LogP contribution in [-0.4, -0.2) is 29.0 Å². The van der Waals surface area contributed by atoms with E-state index in [4.69, 9.17) is 14.1 Å². The van der Waals surface area contributed by atoms with Crippen molar-refractivity contribution in [1.82, 2.24) is 9.66 Å². The summed E-state index contributed by atoms with van der Waals surface area (Å²) in [4.78, 5) is 30.0. The number of carbonyl (C=O) groups excluding carboxylic acids is 1. The summed E-state index contributed by atoms with van der Waals surface area (Å²) in [6, 6.07) is 15.9. The number of rotatable bonds is 6. The predicted molar refractivity (Wildman–Crippen MR) is 131 cm³/mol. The van der Waals surface area contributed by atoms with Crippen LogP contribution < -0.4 is 5.56 Å². The predicted octanol–water partition coefficient (Wildman–Crippen LogP) is 5.60. The molecule has 2 heterocycles. The molecule has 0 spiro atoms. The van der Waals surface area contributed by atoms with Gasteiger partial charge in [0.25, 0.3) is 5.56 Å². The van der Waals surface area contributed by atoms with Crippen LogP contribution >= 0.6 is 15.9 Å². The van der Waals surface area contributed by atoms with E-state index >= 15 is 0 Å². The van der Waals surface area contributed by atoms with Gasteiger partial charge >= 0.3 is 5.97 Å². The molecule has 0 aliphatic carbocycles. The number of nitrogens with zero attached hydrogens (tertiary/aromatic N) is 3. The Morgan fingerprint density at radius 3 is 2.79 bits per heavy atom. The average Bonchev–Trinajstić information content (AvgIpc) is 3.31. The lowest BCUT2D eigenvalue weighted by atomic mass is 10.1. The Hall–Kier alpha value is -3.52. The lowest BCUT2D eigenvalue weighted by molar-refractivity contribution is 0.0601. The largest absolute Gasteiger partial charge is 0.465 e. The molecular formula is C25H22BrN3O4. The molecule has 0 aliphatic heterocycles. The van der Waals surface area contributed by atoms with E-state index < -0.39 is 5.97 Å². The summed E-state index contributed by atoms with van der Waals surface area (Å²) in [5.41, 5.74) is 1.39. The first-order valence-electron chi connectivity index (χ1n) is 10.5. The summed E-state index contributed by atoms with van der Waals surface area (Å²) in [5, 5.41) is 4.89. The topological polar surface area (TPSA) is 86.7 Å². The molecule has 4 aromatic rings. The quantitative estimate of drug-likeness (QED) is 0.250. The molecule has 0 bridgehead atoms. The molecule has 0 N–H and O–H groups in total. The molecular weight excluding hydrogens is 486 g/mol. The number of esters is 1. The monoisotopic (exact) mass is 507 g/mol. The molecule has 2 aromatic carbocycles. The van der Waals surface area contributed by atoms with Gasteiger partial charge in [-0.15, -0.1) is 0 Å². The number of hydrogen-bond acceptors (Lipinski definition) is 6. The Bertz CT molecular complexity index is 1420. The van der Waals surface area contributed by atoms with Crippen molar-refractivity contribution in [2.45, 2.75) is 26.2 Å². The minimum Gasteiger partial charge on any atom is -0.465 e. The maximum atomic E-state index is 13.2. The van der Waals surface area contributed by atoms with Crippen molar-refractivity contribution in [3.8, 4) is 11.3 Å². The molecule has 2 aromatic heterocycles. The first-order valence-corrected chi connectivity index (χ1v) is 11.3. The summed E-state index contributed by atoms with van der Waals surface area (Å²) in [6.45, 7) is 4.04. The van der Waals surface area contributed by atoms with E-state index in [-0.39, 0.29) is 11.5 Å². The third-order valence-corrected chi connectivity index (χ3v) is 5.90. The molecule has 0 fully saturated rings. The molecule has 0 aliphatic rings. The van der Waals surface area contributed by atoms with Gasteiger partial charge in [-0.3, -0.25) is 4.79 Å². The van der Waals surface area contributed by atoms with E-state index in [2.05, 4.69) is 21.0 Å². The normalized spacial score (nSPS) is 12.4. The fourth-order valence-corrected chi connectivity index (χ4v) is 3.81. The molecule has 168 valence electrons. The highest BCUT2D eigenvalue weighted by Crippen LogP contribution is 2.26. The van der Waals surface area contributed by atoms with Gasteiger partial charge < -0.3 is 9.15 Å². The fraction of sp³-hybridized carbons (Fsp3) is 0.200. The maximum Gasteiger partial charge on any atom is 0.338 e. The number of furan rings is 1. The Morgan fingerprint density at radius 2 is 2.03 bits per heavy atom. The minimum atomic E-state index is -0.449. The highest BCUT2D eigenvalue weighted by Gasteiger charge is 2.17. The van der Waals surface area contributed by atoms with Gasteiger partial charge in [0.15, 0.2) is 0 Å². The number of aromatic nitrogens is 2. The van der Waals surface area contributed by atoms with Crippen molar-refractivity contribution in [1.29, 1.82) is 0 Å². The smallest absolute Gasteiger partial charge is 0.338 e. The molecule has 0 saturated heterocycles. The van der Waals surface area contributed by atoms with Gasteiger partial charge in [-0.25, -0.2) is 9.78 Å². The summed E-state index contributed by atoms with van der Waals surface area (Å²) >= 11 is 3.41. The van der Waals surface area contributed by atoms with Gasteiger partial charge in [0.2, 0.25) is 0 Å². The summed E-state index contributed by atoms with van der Waals surface area (Å²) in [7, 11) is 1.34. The van der Waals surface area contributed by atoms with Crippen LogP contribution in [0.5, 0.6) is 0 Å². The van der Waals surface area contributed by atoms with Crippen LogP contribution in [0.15, 0.2) is 73.4 Å². The molecule has 4 rings (SSSR count). The maximum absolute atomic E-state index is 13.2. The third kappa shape index (κ3) is 4.52. The van der Waals surface area contributed by atoms with Crippen LogP contribution in [0, 0.1) is 0 Å². The number of fused-ring (bicyclic) bond motifs is 1. The number of halogens is 1. The number of carbonyl (C=O) groups is 1. The van der Waals surface area contributed by atoms with Gasteiger partial charge in [0.05, 0.1) is 29.8 Å². The van der Waals surface area contributed by atoms with E-state index in [9.17, 15) is 9.59 Å². The Kier molecular flexibility index (Phi) is 6.55. The highest BCUT2D eigenvalue weighted by atomic mass is 79.9. The SMILES string of the molecule is CC[C@H](C)c1nc2ccc(Br)cc2c(=O)n1N=Cc1ccc(-c2ccccc2C(=O)OC)o1. The second kappa shape index (κ2) is 9.54. The van der Waals surface area contributed by atoms with E-state index in [1.807, 2.05) is 32.0 Å². The molecule has 1 atom stereocenters. The second-order valence-electron chi connectivity index (χ2n) is 7.54. The van der Waals surface area contributed by atoms with Crippen molar-refractivity contribution < 1.29 is 13.9 Å². The van der Waals surface area contributed by atoms with E-state index in [1.54, 1.807) is 36.4 Å². The molecule has 8 heteroatoms. The zero-order valence-corrected chi connectivity index (χ0v) is 20.0. The van der Waals surface area contributed by atoms with Crippen molar-refractivity contribution in [2.75, 3.05) is 7.11 Å². The first kappa shape index (κ1) is 22.7. The molecule has 0 radical (unpaired) electrons. The van der Waals surface area contributed by atoms with E-state index in [0.717, 1.165) is 10.9 Å². The Balaban J connectivity index is 1.76. The molecule has 33 heavy (non-hydrogen) atoms. The summed E-state index contributed by atoms with van der Waals surface area (Å²) in [5.74, 6) is 1.09. The van der Waals surface area contributed by atoms with Crippen LogP contribution in [0.1, 0.15) is 48.1 Å². The van der Waals surface area contributed by atoms with Crippen LogP contribution in [0.25, 0.3) is 22.2 Å². The second-order valence-corrected chi connectivity index (χ2v) is 8.46. The highest BCUT2D eigenvalue weighted by molar-refractivity contribution is 9.10. The lowest BCUT2D eigenvalue weighted by Gasteiger charge is -2.13. The Labute approximate surface area is 198 Å². The van der Waals surface area contributed by atoms with Gasteiger partial charge in [0, 0.05) is 16.0 Å².